The van der Waals surface area contributed by atoms with Crippen LogP contribution in [0.15, 0.2) is 10.5 Å². The van der Waals surface area contributed by atoms with Crippen LogP contribution in [0, 0.1) is 0 Å². The minimum absolute atomic E-state index is 0. The molecule has 0 unspecified atom stereocenters. The standard InChI is InChI=1S/C12H14N6O10S2.Na/c13-11-15-4(3-29-11)7(17-28-2-6(19)20)9(21)16-8-5(1-27-12(14)23)18(10(8)22)30(24,25)26;/h3,5,8H,1-2H2,(H2,13,15)(H2,14,23)(H,16,21)(H,19,20)(H,24,25,26);/q;+1/p-2/b17-7+;/t5-,8+;/m1./s1. The summed E-state index contributed by atoms with van der Waals surface area (Å²) in [5.41, 5.74) is 9.47. The Labute approximate surface area is 199 Å². The number of hydrogen-bond donors (Lipinski definition) is 3. The van der Waals surface area contributed by atoms with E-state index in [0.29, 0.717) is 0 Å². The number of ether oxygens (including phenoxy) is 1. The number of carbonyl (C=O) groups is 4. The fraction of sp³-hybridized carbons (Fsp3) is 0.333. The van der Waals surface area contributed by atoms with Crippen LogP contribution in [0.5, 0.6) is 0 Å². The predicted octanol–water partition coefficient (Wildman–Crippen LogP) is -7.55. The summed E-state index contributed by atoms with van der Waals surface area (Å²) in [5.74, 6) is -4.13. The van der Waals surface area contributed by atoms with Crippen LogP contribution in [0.2, 0.25) is 0 Å². The van der Waals surface area contributed by atoms with Crippen LogP contribution in [0.3, 0.4) is 0 Å². The molecule has 0 aromatic carbocycles. The Balaban J connectivity index is 0.00000480. The van der Waals surface area contributed by atoms with Gasteiger partial charge in [0.2, 0.25) is 0 Å². The van der Waals surface area contributed by atoms with E-state index in [2.05, 4.69) is 25.0 Å². The summed E-state index contributed by atoms with van der Waals surface area (Å²) in [6, 6.07) is -3.20. The molecule has 1 aliphatic rings. The summed E-state index contributed by atoms with van der Waals surface area (Å²) in [5, 5.41) is 17.1. The fourth-order valence-corrected chi connectivity index (χ4v) is 3.64. The number of carboxylic acid groups (broad SMARTS) is 1. The van der Waals surface area contributed by atoms with Crippen LogP contribution in [-0.2, 0) is 34.3 Å². The Morgan fingerprint density at radius 3 is 2.52 bits per heavy atom. The zero-order valence-corrected chi connectivity index (χ0v) is 19.2. The third-order valence-electron chi connectivity index (χ3n) is 3.41. The van der Waals surface area contributed by atoms with Gasteiger partial charge in [-0.3, -0.25) is 9.59 Å². The maximum Gasteiger partial charge on any atom is 1.00 e. The Morgan fingerprint density at radius 1 is 1.39 bits per heavy atom. The number of oxime groups is 1. The number of aliphatic carboxylic acids is 1. The van der Waals surface area contributed by atoms with Gasteiger partial charge >= 0.3 is 35.7 Å². The number of nitrogens with two attached hydrogens (primary N) is 2. The second-order valence-corrected chi connectivity index (χ2v) is 7.54. The van der Waals surface area contributed by atoms with Gasteiger partial charge in [0.15, 0.2) is 27.8 Å². The van der Waals surface area contributed by atoms with Crippen molar-refractivity contribution in [2.75, 3.05) is 18.9 Å². The fourth-order valence-electron chi connectivity index (χ4n) is 2.24. The molecular formula is C12H12N6NaO10S2-. The average Bonchev–Trinajstić information content (AvgIpc) is 3.04. The normalized spacial score (nSPS) is 18.4. The van der Waals surface area contributed by atoms with Crippen molar-refractivity contribution in [3.63, 3.8) is 0 Å². The van der Waals surface area contributed by atoms with E-state index >= 15 is 0 Å². The topological polar surface area (TPSA) is 260 Å². The van der Waals surface area contributed by atoms with Crippen molar-refractivity contribution in [3.05, 3.63) is 11.1 Å². The van der Waals surface area contributed by atoms with Crippen molar-refractivity contribution in [3.8, 4) is 0 Å². The summed E-state index contributed by atoms with van der Waals surface area (Å²) < 4.78 is 37.9. The molecule has 19 heteroatoms. The second kappa shape index (κ2) is 10.7. The third-order valence-corrected chi connectivity index (χ3v) is 5.02. The van der Waals surface area contributed by atoms with Crippen LogP contribution >= 0.6 is 11.3 Å². The first kappa shape index (κ1) is 26.5. The summed E-state index contributed by atoms with van der Waals surface area (Å²) in [6.07, 6.45) is -1.32. The number of anilines is 1. The maximum absolute atomic E-state index is 12.5. The number of hydrogen-bond acceptors (Lipinski definition) is 14. The van der Waals surface area contributed by atoms with E-state index in [9.17, 15) is 37.3 Å². The number of carbonyl (C=O) groups excluding carboxylic acids is 4. The van der Waals surface area contributed by atoms with Crippen LogP contribution in [0.1, 0.15) is 5.69 Å². The Kier molecular flexibility index (Phi) is 9.14. The number of amides is 3. The van der Waals surface area contributed by atoms with Crippen molar-refractivity contribution in [1.82, 2.24) is 14.6 Å². The quantitative estimate of drug-likeness (QED) is 0.0964. The number of primary amides is 1. The van der Waals surface area contributed by atoms with Gasteiger partial charge in [-0.2, -0.15) is 0 Å². The largest absolute Gasteiger partial charge is 1.00 e. The van der Waals surface area contributed by atoms with Crippen molar-refractivity contribution < 1.29 is 76.4 Å². The molecule has 0 radical (unpaired) electrons. The molecule has 0 bridgehead atoms. The van der Waals surface area contributed by atoms with E-state index in [1.807, 2.05) is 0 Å². The number of nitrogen functional groups attached to an aromatic ring is 1. The number of β-lactam (4-membered cyclic amide) rings is 1. The molecule has 1 aromatic rings. The molecule has 1 saturated heterocycles. The van der Waals surface area contributed by atoms with Gasteiger partial charge in [-0.15, -0.1) is 11.3 Å². The van der Waals surface area contributed by atoms with Gasteiger partial charge < -0.3 is 40.8 Å². The Bertz CT molecular complexity index is 1010. The molecule has 1 aliphatic heterocycles. The first-order valence-corrected chi connectivity index (χ1v) is 9.79. The van der Waals surface area contributed by atoms with E-state index in [0.717, 1.165) is 11.3 Å². The number of aromatic nitrogens is 1. The van der Waals surface area contributed by atoms with E-state index in [-0.39, 0.29) is 44.7 Å². The van der Waals surface area contributed by atoms with Crippen molar-refractivity contribution in [2.24, 2.45) is 10.9 Å². The van der Waals surface area contributed by atoms with E-state index < -0.39 is 65.2 Å². The number of nitrogens with one attached hydrogen (secondary N) is 1. The molecular weight excluding hydrogens is 475 g/mol. The first-order chi connectivity index (χ1) is 13.9. The minimum atomic E-state index is -5.28. The molecule has 164 valence electrons. The number of thiazole rings is 1. The smallest absolute Gasteiger partial charge is 0.731 e. The van der Waals surface area contributed by atoms with E-state index in [4.69, 9.17) is 11.5 Å². The molecule has 0 spiro atoms. The van der Waals surface area contributed by atoms with Gasteiger partial charge in [0.25, 0.3) is 11.8 Å². The van der Waals surface area contributed by atoms with Crippen LogP contribution in [-0.4, -0.2) is 77.1 Å². The molecule has 2 rings (SSSR count). The van der Waals surface area contributed by atoms with Crippen LogP contribution in [0.25, 0.3) is 0 Å². The Morgan fingerprint density at radius 2 is 2.03 bits per heavy atom. The monoisotopic (exact) mass is 487 g/mol. The molecule has 5 N–H and O–H groups in total. The van der Waals surface area contributed by atoms with Gasteiger partial charge in [-0.05, 0) is 0 Å². The van der Waals surface area contributed by atoms with E-state index in [1.54, 1.807) is 0 Å². The SMILES string of the molecule is NC(=O)OC[C@@H]1[C@H](NC(=O)/C(=N/OCC(=O)[O-])c2csc(N)n2)C(=O)N1S(=O)(=O)[O-].[Na+]. The number of carboxylic acids is 1. The zero-order valence-electron chi connectivity index (χ0n) is 15.5. The van der Waals surface area contributed by atoms with Crippen LogP contribution < -0.4 is 51.4 Å². The molecule has 31 heavy (non-hydrogen) atoms. The van der Waals surface area contributed by atoms with Crippen LogP contribution in [0.4, 0.5) is 9.93 Å². The predicted molar refractivity (Wildman–Crippen MR) is 91.8 cm³/mol. The summed E-state index contributed by atoms with van der Waals surface area (Å²) in [6.45, 7) is -1.83. The van der Waals surface area contributed by atoms with Crippen molar-refractivity contribution in [2.45, 2.75) is 12.1 Å². The second-order valence-electron chi connectivity index (χ2n) is 5.40. The maximum atomic E-state index is 12.5. The molecule has 0 saturated carbocycles. The number of rotatable bonds is 9. The summed E-state index contributed by atoms with van der Waals surface area (Å²) >= 11 is 0.899. The summed E-state index contributed by atoms with van der Waals surface area (Å²) in [7, 11) is -5.28. The van der Waals surface area contributed by atoms with Crippen molar-refractivity contribution in [1.29, 1.82) is 0 Å². The molecule has 2 atom stereocenters. The Hall–Kier alpha value is -2.51. The van der Waals surface area contributed by atoms with Gasteiger partial charge in [0.05, 0.1) is 5.97 Å². The molecule has 1 aromatic heterocycles. The zero-order chi connectivity index (χ0) is 22.6. The van der Waals surface area contributed by atoms with Gasteiger partial charge in [-0.1, -0.05) is 5.16 Å². The molecule has 16 nitrogen and oxygen atoms in total. The van der Waals surface area contributed by atoms with Gasteiger partial charge in [-0.25, -0.2) is 22.5 Å². The van der Waals surface area contributed by atoms with Gasteiger partial charge in [0.1, 0.15) is 24.4 Å². The molecule has 2 heterocycles. The molecule has 3 amide bonds. The molecule has 0 aliphatic carbocycles. The average molecular weight is 487 g/mol. The number of nitrogens with zero attached hydrogens (tertiary/aromatic N) is 3. The van der Waals surface area contributed by atoms with Gasteiger partial charge in [0, 0.05) is 5.38 Å². The van der Waals surface area contributed by atoms with E-state index in [1.165, 1.54) is 5.38 Å². The minimum Gasteiger partial charge on any atom is -0.731 e. The molecule has 1 fully saturated rings. The third kappa shape index (κ3) is 6.74. The first-order valence-electron chi connectivity index (χ1n) is 7.55. The summed E-state index contributed by atoms with van der Waals surface area (Å²) in [4.78, 5) is 54.0. The van der Waals surface area contributed by atoms with Crippen molar-refractivity contribution >= 4 is 56.4 Å².